The van der Waals surface area contributed by atoms with E-state index in [9.17, 15) is 0 Å². The minimum atomic E-state index is 0.341. The lowest BCUT2D eigenvalue weighted by Crippen LogP contribution is -2.43. The van der Waals surface area contributed by atoms with Gasteiger partial charge in [0, 0.05) is 26.7 Å². The van der Waals surface area contributed by atoms with Crippen molar-refractivity contribution in [3.05, 3.63) is 35.9 Å². The lowest BCUT2D eigenvalue weighted by molar-refractivity contribution is 0.105. The van der Waals surface area contributed by atoms with Gasteiger partial charge < -0.3 is 15.4 Å². The monoisotopic (exact) mass is 346 g/mol. The van der Waals surface area contributed by atoms with E-state index in [0.717, 1.165) is 45.2 Å². The zero-order valence-corrected chi connectivity index (χ0v) is 16.0. The van der Waals surface area contributed by atoms with Crippen LogP contribution >= 0.6 is 0 Å². The van der Waals surface area contributed by atoms with E-state index < -0.39 is 0 Å². The second-order valence-electron chi connectivity index (χ2n) is 6.45. The Bertz CT molecular complexity index is 496. The van der Waals surface area contributed by atoms with Crippen LogP contribution in [0, 0.1) is 0 Å². The molecule has 0 saturated carbocycles. The van der Waals surface area contributed by atoms with Crippen LogP contribution in [-0.2, 0) is 4.74 Å². The molecule has 5 nitrogen and oxygen atoms in total. The van der Waals surface area contributed by atoms with E-state index in [1.54, 1.807) is 0 Å². The summed E-state index contributed by atoms with van der Waals surface area (Å²) in [7, 11) is 1.83. The van der Waals surface area contributed by atoms with Crippen LogP contribution in [0.15, 0.2) is 35.3 Å². The lowest BCUT2D eigenvalue weighted by Gasteiger charge is -2.30. The molecule has 2 rings (SSSR count). The number of guanidine groups is 1. The van der Waals surface area contributed by atoms with E-state index in [4.69, 9.17) is 4.74 Å². The standard InChI is InChI=1S/C20H34N4O/c1-4-24(5-2)19(17-10-7-6-8-11-17)16-23-20(21-3)22-14-13-18-12-9-15-25-18/h6-8,10-11,18-19H,4-5,9,12-16H2,1-3H3,(H2,21,22,23). The molecule has 1 heterocycles. The molecule has 0 radical (unpaired) electrons. The Morgan fingerprint density at radius 3 is 2.60 bits per heavy atom. The van der Waals surface area contributed by atoms with E-state index in [0.29, 0.717) is 12.1 Å². The van der Waals surface area contributed by atoms with Crippen molar-refractivity contribution in [2.45, 2.75) is 45.3 Å². The molecule has 2 unspecified atom stereocenters. The number of nitrogens with one attached hydrogen (secondary N) is 2. The number of ether oxygens (including phenoxy) is 1. The van der Waals surface area contributed by atoms with Crippen LogP contribution in [-0.4, -0.2) is 56.8 Å². The van der Waals surface area contributed by atoms with Crippen LogP contribution in [0.2, 0.25) is 0 Å². The highest BCUT2D eigenvalue weighted by Gasteiger charge is 2.18. The lowest BCUT2D eigenvalue weighted by atomic mass is 10.1. The maximum Gasteiger partial charge on any atom is 0.191 e. The van der Waals surface area contributed by atoms with Gasteiger partial charge in [-0.05, 0) is 37.9 Å². The van der Waals surface area contributed by atoms with Crippen molar-refractivity contribution in [3.63, 3.8) is 0 Å². The summed E-state index contributed by atoms with van der Waals surface area (Å²) < 4.78 is 5.68. The van der Waals surface area contributed by atoms with Gasteiger partial charge in [-0.1, -0.05) is 44.2 Å². The fourth-order valence-electron chi connectivity index (χ4n) is 3.43. The summed E-state index contributed by atoms with van der Waals surface area (Å²) >= 11 is 0. The quantitative estimate of drug-likeness (QED) is 0.533. The number of hydrogen-bond donors (Lipinski definition) is 2. The molecule has 0 spiro atoms. The van der Waals surface area contributed by atoms with Crippen molar-refractivity contribution in [1.29, 1.82) is 0 Å². The summed E-state index contributed by atoms with van der Waals surface area (Å²) in [6, 6.07) is 11.0. The average molecular weight is 347 g/mol. The number of nitrogens with zero attached hydrogens (tertiary/aromatic N) is 2. The summed E-state index contributed by atoms with van der Waals surface area (Å²) in [5.74, 6) is 0.867. The molecule has 1 saturated heterocycles. The molecular weight excluding hydrogens is 312 g/mol. The van der Waals surface area contributed by atoms with Gasteiger partial charge >= 0.3 is 0 Å². The van der Waals surface area contributed by atoms with E-state index >= 15 is 0 Å². The fraction of sp³-hybridized carbons (Fsp3) is 0.650. The van der Waals surface area contributed by atoms with Crippen molar-refractivity contribution in [3.8, 4) is 0 Å². The normalized spacial score (nSPS) is 19.2. The molecule has 25 heavy (non-hydrogen) atoms. The van der Waals surface area contributed by atoms with Crippen LogP contribution in [0.4, 0.5) is 0 Å². The van der Waals surface area contributed by atoms with Gasteiger partial charge in [-0.15, -0.1) is 0 Å². The Labute approximate surface area is 152 Å². The molecule has 2 atom stereocenters. The number of likely N-dealkylation sites (N-methyl/N-ethyl adjacent to an activating group) is 1. The first-order valence-corrected chi connectivity index (χ1v) is 9.63. The van der Waals surface area contributed by atoms with Gasteiger partial charge in [0.25, 0.3) is 0 Å². The summed E-state index contributed by atoms with van der Waals surface area (Å²) in [6.45, 7) is 9.14. The third kappa shape index (κ3) is 6.33. The van der Waals surface area contributed by atoms with Crippen molar-refractivity contribution >= 4 is 5.96 Å². The van der Waals surface area contributed by atoms with Gasteiger partial charge in [0.2, 0.25) is 0 Å². The minimum Gasteiger partial charge on any atom is -0.378 e. The molecule has 1 fully saturated rings. The SMILES string of the molecule is CCN(CC)C(CNC(=NC)NCCC1CCCO1)c1ccccc1. The van der Waals surface area contributed by atoms with Gasteiger partial charge in [0.1, 0.15) is 0 Å². The molecule has 1 aliphatic rings. The van der Waals surface area contributed by atoms with Gasteiger partial charge in [-0.3, -0.25) is 9.89 Å². The number of benzene rings is 1. The molecule has 5 heteroatoms. The van der Waals surface area contributed by atoms with Crippen LogP contribution in [0.1, 0.15) is 44.7 Å². The molecule has 0 aliphatic carbocycles. The predicted octanol–water partition coefficient (Wildman–Crippen LogP) is 2.80. The van der Waals surface area contributed by atoms with Crippen LogP contribution < -0.4 is 10.6 Å². The molecule has 0 bridgehead atoms. The summed E-state index contributed by atoms with van der Waals surface area (Å²) in [5, 5.41) is 6.92. The average Bonchev–Trinajstić information content (AvgIpc) is 3.17. The fourth-order valence-corrected chi connectivity index (χ4v) is 3.43. The maximum absolute atomic E-state index is 5.68. The first kappa shape index (κ1) is 19.7. The summed E-state index contributed by atoms with van der Waals surface area (Å²) in [6.07, 6.45) is 3.84. The largest absolute Gasteiger partial charge is 0.378 e. The summed E-state index contributed by atoms with van der Waals surface area (Å²) in [4.78, 5) is 6.84. The van der Waals surface area contributed by atoms with Crippen LogP contribution in [0.3, 0.4) is 0 Å². The number of rotatable bonds is 9. The van der Waals surface area contributed by atoms with Crippen LogP contribution in [0.5, 0.6) is 0 Å². The van der Waals surface area contributed by atoms with E-state index in [1.165, 1.54) is 18.4 Å². The molecule has 140 valence electrons. The number of aliphatic imine (C=N–C) groups is 1. The topological polar surface area (TPSA) is 48.9 Å². The molecule has 1 aromatic carbocycles. The maximum atomic E-state index is 5.68. The van der Waals surface area contributed by atoms with E-state index in [-0.39, 0.29) is 0 Å². The second kappa shape index (κ2) is 11.1. The summed E-state index contributed by atoms with van der Waals surface area (Å²) in [5.41, 5.74) is 1.34. The highest BCUT2D eigenvalue weighted by Crippen LogP contribution is 2.19. The van der Waals surface area contributed by atoms with Gasteiger partial charge in [-0.25, -0.2) is 0 Å². The third-order valence-corrected chi connectivity index (χ3v) is 4.91. The third-order valence-electron chi connectivity index (χ3n) is 4.91. The minimum absolute atomic E-state index is 0.341. The van der Waals surface area contributed by atoms with Crippen molar-refractivity contribution in [2.24, 2.45) is 4.99 Å². The number of hydrogen-bond acceptors (Lipinski definition) is 3. The Morgan fingerprint density at radius 1 is 1.24 bits per heavy atom. The van der Waals surface area contributed by atoms with Gasteiger partial charge in [0.15, 0.2) is 5.96 Å². The Balaban J connectivity index is 1.86. The van der Waals surface area contributed by atoms with E-state index in [2.05, 4.69) is 64.7 Å². The molecule has 2 N–H and O–H groups in total. The van der Waals surface area contributed by atoms with Gasteiger partial charge in [-0.2, -0.15) is 0 Å². The predicted molar refractivity (Wildman–Crippen MR) is 105 cm³/mol. The van der Waals surface area contributed by atoms with E-state index in [1.807, 2.05) is 7.05 Å². The zero-order valence-electron chi connectivity index (χ0n) is 16.0. The first-order valence-electron chi connectivity index (χ1n) is 9.63. The molecule has 0 amide bonds. The first-order chi connectivity index (χ1) is 12.3. The second-order valence-corrected chi connectivity index (χ2v) is 6.45. The van der Waals surface area contributed by atoms with Crippen molar-refractivity contribution in [1.82, 2.24) is 15.5 Å². The molecular formula is C20H34N4O. The highest BCUT2D eigenvalue weighted by atomic mass is 16.5. The van der Waals surface area contributed by atoms with Crippen molar-refractivity contribution < 1.29 is 4.74 Å². The Hall–Kier alpha value is -1.59. The molecule has 1 aliphatic heterocycles. The molecule has 0 aromatic heterocycles. The van der Waals surface area contributed by atoms with Crippen LogP contribution in [0.25, 0.3) is 0 Å². The zero-order chi connectivity index (χ0) is 17.9. The Morgan fingerprint density at radius 2 is 2.00 bits per heavy atom. The molecule has 1 aromatic rings. The Kier molecular flexibility index (Phi) is 8.77. The van der Waals surface area contributed by atoms with Crippen molar-refractivity contribution in [2.75, 3.05) is 39.8 Å². The van der Waals surface area contributed by atoms with Gasteiger partial charge in [0.05, 0.1) is 12.1 Å². The highest BCUT2D eigenvalue weighted by molar-refractivity contribution is 5.79. The smallest absolute Gasteiger partial charge is 0.191 e.